The molecule has 0 aliphatic heterocycles. The lowest BCUT2D eigenvalue weighted by atomic mass is 10.1. The van der Waals surface area contributed by atoms with Crippen molar-refractivity contribution in [3.05, 3.63) is 101 Å². The van der Waals surface area contributed by atoms with Crippen molar-refractivity contribution in [2.45, 2.75) is 44.4 Å². The summed E-state index contributed by atoms with van der Waals surface area (Å²) in [5, 5.41) is 8.97. The van der Waals surface area contributed by atoms with Crippen LogP contribution in [0.15, 0.2) is 83.3 Å². The van der Waals surface area contributed by atoms with Gasteiger partial charge in [0.15, 0.2) is 0 Å². The molecule has 0 spiro atoms. The normalized spacial score (nSPS) is 14.2. The number of aromatic nitrogens is 3. The summed E-state index contributed by atoms with van der Waals surface area (Å²) in [4.78, 5) is 17.6. The number of ether oxygens (including phenoxy) is 1. The molecule has 1 unspecified atom stereocenters. The largest absolute Gasteiger partial charge is 0.460 e. The van der Waals surface area contributed by atoms with Crippen molar-refractivity contribution in [1.29, 1.82) is 0 Å². The van der Waals surface area contributed by atoms with Gasteiger partial charge in [-0.2, -0.15) is 17.9 Å². The average molecular weight is 590 g/mol. The van der Waals surface area contributed by atoms with Gasteiger partial charge in [-0.25, -0.2) is 4.98 Å². The van der Waals surface area contributed by atoms with Crippen molar-refractivity contribution >= 4 is 37.7 Å². The predicted molar refractivity (Wildman–Crippen MR) is 154 cm³/mol. The summed E-state index contributed by atoms with van der Waals surface area (Å²) in [6, 6.07) is 24.1. The van der Waals surface area contributed by atoms with Crippen LogP contribution < -0.4 is 9.44 Å². The molecule has 0 bridgehead atoms. The van der Waals surface area contributed by atoms with Crippen molar-refractivity contribution < 1.29 is 22.4 Å². The zero-order valence-electron chi connectivity index (χ0n) is 21.9. The Balaban J connectivity index is 1.15. The molecule has 1 atom stereocenters. The van der Waals surface area contributed by atoms with Gasteiger partial charge in [-0.3, -0.25) is 4.79 Å². The fourth-order valence-electron chi connectivity index (χ4n) is 4.25. The first kappa shape index (κ1) is 27.2. The predicted octanol–water partition coefficient (Wildman–Crippen LogP) is 4.18. The van der Waals surface area contributed by atoms with E-state index in [1.165, 1.54) is 11.3 Å². The number of rotatable bonds is 12. The van der Waals surface area contributed by atoms with Crippen LogP contribution in [0.5, 0.6) is 0 Å². The van der Waals surface area contributed by atoms with Crippen LogP contribution >= 0.6 is 11.3 Å². The van der Waals surface area contributed by atoms with E-state index in [9.17, 15) is 13.2 Å². The number of benzene rings is 3. The summed E-state index contributed by atoms with van der Waals surface area (Å²) in [6.45, 7) is 0.00658. The second-order valence-electron chi connectivity index (χ2n) is 9.79. The Bertz CT molecular complexity index is 1750. The third kappa shape index (κ3) is 7.22. The van der Waals surface area contributed by atoms with Crippen molar-refractivity contribution in [3.8, 4) is 11.1 Å². The van der Waals surface area contributed by atoms with Gasteiger partial charge in [-0.15, -0.1) is 21.5 Å². The fourth-order valence-corrected chi connectivity index (χ4v) is 6.54. The molecule has 10 nitrogen and oxygen atoms in total. The van der Waals surface area contributed by atoms with Gasteiger partial charge < -0.3 is 9.15 Å². The van der Waals surface area contributed by atoms with Crippen LogP contribution in [0.1, 0.15) is 35.2 Å². The lowest BCUT2D eigenvalue weighted by Crippen LogP contribution is -2.48. The molecule has 1 fully saturated rings. The SMILES string of the molecule is O=C(OCc1ccccc1)C(Cc1nnc(Cc2nc3ccc(-c4ccccc4)cc3s2)o1)NS(=O)(=O)NC1CC1. The zero-order valence-corrected chi connectivity index (χ0v) is 23.5. The van der Waals surface area contributed by atoms with Crippen LogP contribution in [-0.4, -0.2) is 41.7 Å². The van der Waals surface area contributed by atoms with Crippen LogP contribution in [0, 0.1) is 0 Å². The van der Waals surface area contributed by atoms with E-state index in [2.05, 4.69) is 37.8 Å². The van der Waals surface area contributed by atoms with Crippen LogP contribution in [0.2, 0.25) is 0 Å². The molecule has 1 saturated carbocycles. The Morgan fingerprint density at radius 2 is 1.71 bits per heavy atom. The van der Waals surface area contributed by atoms with E-state index in [1.807, 2.05) is 60.7 Å². The number of fused-ring (bicyclic) bond motifs is 1. The molecule has 0 saturated heterocycles. The van der Waals surface area contributed by atoms with E-state index in [1.54, 1.807) is 0 Å². The highest BCUT2D eigenvalue weighted by Crippen LogP contribution is 2.29. The molecule has 41 heavy (non-hydrogen) atoms. The molecule has 0 radical (unpaired) electrons. The lowest BCUT2D eigenvalue weighted by Gasteiger charge is -2.16. The summed E-state index contributed by atoms with van der Waals surface area (Å²) in [5.74, 6) is -0.309. The maximum absolute atomic E-state index is 13.0. The second kappa shape index (κ2) is 11.9. The summed E-state index contributed by atoms with van der Waals surface area (Å²) >= 11 is 1.54. The first-order valence-corrected chi connectivity index (χ1v) is 15.5. The van der Waals surface area contributed by atoms with Gasteiger partial charge in [-0.05, 0) is 41.7 Å². The smallest absolute Gasteiger partial charge is 0.325 e. The van der Waals surface area contributed by atoms with Crippen LogP contribution in [0.4, 0.5) is 0 Å². The summed E-state index contributed by atoms with van der Waals surface area (Å²) in [7, 11) is -3.94. The monoisotopic (exact) mass is 589 g/mol. The average Bonchev–Trinajstić information content (AvgIpc) is 3.51. The standard InChI is InChI=1S/C29H27N5O5S2/c35-29(38-18-19-7-3-1-4-8-19)24(34-41(36,37)33-22-12-13-22)16-26-31-32-27(39-26)17-28-30-23-14-11-21(15-25(23)40-28)20-9-5-2-6-10-20/h1-11,14-15,22,24,33-34H,12-13,16-18H2. The Morgan fingerprint density at radius 3 is 2.46 bits per heavy atom. The molecule has 0 amide bonds. The van der Waals surface area contributed by atoms with E-state index in [0.29, 0.717) is 12.3 Å². The van der Waals surface area contributed by atoms with Crippen LogP contribution in [0.3, 0.4) is 0 Å². The summed E-state index contributed by atoms with van der Waals surface area (Å²) < 4.78 is 42.4. The fraction of sp³-hybridized carbons (Fsp3) is 0.241. The number of hydrogen-bond donors (Lipinski definition) is 2. The molecule has 3 aromatic carbocycles. The van der Waals surface area contributed by atoms with Gasteiger partial charge in [0.25, 0.3) is 10.2 Å². The Kier molecular flexibility index (Phi) is 7.88. The van der Waals surface area contributed by atoms with E-state index in [0.717, 1.165) is 44.8 Å². The van der Waals surface area contributed by atoms with Crippen molar-refractivity contribution in [2.75, 3.05) is 0 Å². The molecule has 12 heteroatoms. The maximum Gasteiger partial charge on any atom is 0.325 e. The first-order chi connectivity index (χ1) is 19.9. The van der Waals surface area contributed by atoms with E-state index < -0.39 is 22.2 Å². The number of carbonyl (C=O) groups excluding carboxylic acids is 1. The third-order valence-corrected chi connectivity index (χ3v) is 8.69. The summed E-state index contributed by atoms with van der Waals surface area (Å²) in [5.41, 5.74) is 3.90. The van der Waals surface area contributed by atoms with Gasteiger partial charge in [0.05, 0.1) is 23.1 Å². The molecular weight excluding hydrogens is 562 g/mol. The molecule has 6 rings (SSSR count). The van der Waals surface area contributed by atoms with Crippen LogP contribution in [-0.2, 0) is 39.2 Å². The van der Waals surface area contributed by atoms with Gasteiger partial charge in [-0.1, -0.05) is 66.7 Å². The molecule has 5 aromatic rings. The molecule has 2 N–H and O–H groups in total. The van der Waals surface area contributed by atoms with E-state index in [4.69, 9.17) is 14.1 Å². The Labute approximate surface area is 241 Å². The Hall–Kier alpha value is -3.97. The topological polar surface area (TPSA) is 136 Å². The van der Waals surface area contributed by atoms with Crippen molar-refractivity contribution in [1.82, 2.24) is 24.6 Å². The first-order valence-electron chi connectivity index (χ1n) is 13.2. The summed E-state index contributed by atoms with van der Waals surface area (Å²) in [6.07, 6.45) is 1.67. The Morgan fingerprint density at radius 1 is 0.976 bits per heavy atom. The minimum atomic E-state index is -3.94. The van der Waals surface area contributed by atoms with E-state index in [-0.39, 0.29) is 25.0 Å². The quantitative estimate of drug-likeness (QED) is 0.207. The number of nitrogens with one attached hydrogen (secondary N) is 2. The van der Waals surface area contributed by atoms with Gasteiger partial charge in [0.1, 0.15) is 17.7 Å². The molecule has 210 valence electrons. The molecular formula is C29H27N5O5S2. The third-order valence-electron chi connectivity index (χ3n) is 6.43. The highest BCUT2D eigenvalue weighted by Gasteiger charge is 2.32. The highest BCUT2D eigenvalue weighted by molar-refractivity contribution is 7.87. The number of nitrogens with zero attached hydrogens (tertiary/aromatic N) is 3. The molecule has 2 aromatic heterocycles. The minimum Gasteiger partial charge on any atom is -0.460 e. The van der Waals surface area contributed by atoms with Gasteiger partial charge in [0.2, 0.25) is 11.8 Å². The van der Waals surface area contributed by atoms with Crippen LogP contribution in [0.25, 0.3) is 21.3 Å². The number of esters is 1. The highest BCUT2D eigenvalue weighted by atomic mass is 32.2. The maximum atomic E-state index is 13.0. The minimum absolute atomic E-state index is 0.00658. The molecule has 1 aliphatic carbocycles. The van der Waals surface area contributed by atoms with Gasteiger partial charge in [0, 0.05) is 6.04 Å². The molecule has 1 aliphatic rings. The van der Waals surface area contributed by atoms with Crippen molar-refractivity contribution in [2.24, 2.45) is 0 Å². The number of hydrogen-bond acceptors (Lipinski definition) is 9. The molecule has 2 heterocycles. The number of thiazole rings is 1. The number of carbonyl (C=O) groups is 1. The van der Waals surface area contributed by atoms with Gasteiger partial charge >= 0.3 is 5.97 Å². The lowest BCUT2D eigenvalue weighted by molar-refractivity contribution is -0.147. The van der Waals surface area contributed by atoms with Crippen molar-refractivity contribution in [3.63, 3.8) is 0 Å². The second-order valence-corrected chi connectivity index (χ2v) is 12.4. The van der Waals surface area contributed by atoms with E-state index >= 15 is 0 Å². The zero-order chi connectivity index (χ0) is 28.2.